The Hall–Kier alpha value is -1.62. The summed E-state index contributed by atoms with van der Waals surface area (Å²) in [5, 5.41) is 10.5. The molecule has 2 fully saturated rings. The number of hydrogen-bond acceptors (Lipinski definition) is 5. The Morgan fingerprint density at radius 1 is 1.17 bits per heavy atom. The summed E-state index contributed by atoms with van der Waals surface area (Å²) in [6.07, 6.45) is 3.25. The molecule has 5 heteroatoms. The SMILES string of the molecule is CC(C)[C@H]1OC(=O)C=C2C1=C[C@H]1OC(=O)[C@@]3(C)C[C@H](O)C[C@@]2(C)[C@@H]13. The summed E-state index contributed by atoms with van der Waals surface area (Å²) >= 11 is 0. The number of carbonyl (C=O) groups excluding carboxylic acids is 2. The van der Waals surface area contributed by atoms with Crippen LogP contribution in [0.3, 0.4) is 0 Å². The van der Waals surface area contributed by atoms with E-state index in [1.807, 2.05) is 26.8 Å². The summed E-state index contributed by atoms with van der Waals surface area (Å²) in [4.78, 5) is 24.7. The van der Waals surface area contributed by atoms with Crippen molar-refractivity contribution in [3.05, 3.63) is 23.3 Å². The maximum absolute atomic E-state index is 12.6. The molecule has 5 nitrogen and oxygen atoms in total. The quantitative estimate of drug-likeness (QED) is 0.745. The molecular weight excluding hydrogens is 308 g/mol. The Morgan fingerprint density at radius 2 is 1.83 bits per heavy atom. The van der Waals surface area contributed by atoms with Crippen molar-refractivity contribution in [3.8, 4) is 0 Å². The molecule has 0 bridgehead atoms. The van der Waals surface area contributed by atoms with E-state index < -0.39 is 16.9 Å². The number of aliphatic hydroxyl groups excluding tert-OH is 1. The van der Waals surface area contributed by atoms with Gasteiger partial charge in [0.1, 0.15) is 12.2 Å². The number of rotatable bonds is 1. The van der Waals surface area contributed by atoms with Gasteiger partial charge in [-0.05, 0) is 42.9 Å². The molecule has 2 aliphatic heterocycles. The van der Waals surface area contributed by atoms with Crippen LogP contribution in [0, 0.1) is 22.7 Å². The minimum absolute atomic E-state index is 0.0605. The molecule has 4 rings (SSSR count). The van der Waals surface area contributed by atoms with Gasteiger partial charge >= 0.3 is 11.9 Å². The number of fused-ring (bicyclic) bond motifs is 2. The summed E-state index contributed by atoms with van der Waals surface area (Å²) in [7, 11) is 0. The lowest BCUT2D eigenvalue weighted by Gasteiger charge is -2.54. The van der Waals surface area contributed by atoms with Crippen LogP contribution in [-0.4, -0.2) is 35.4 Å². The van der Waals surface area contributed by atoms with Gasteiger partial charge in [-0.1, -0.05) is 20.8 Å². The van der Waals surface area contributed by atoms with Gasteiger partial charge in [0.2, 0.25) is 0 Å². The fourth-order valence-corrected chi connectivity index (χ4v) is 5.61. The van der Waals surface area contributed by atoms with Crippen LogP contribution in [0.5, 0.6) is 0 Å². The molecule has 4 aliphatic rings. The molecule has 24 heavy (non-hydrogen) atoms. The lowest BCUT2D eigenvalue weighted by Crippen LogP contribution is -2.55. The number of ether oxygens (including phenoxy) is 2. The average molecular weight is 332 g/mol. The van der Waals surface area contributed by atoms with Crippen molar-refractivity contribution in [2.45, 2.75) is 58.8 Å². The zero-order valence-corrected chi connectivity index (χ0v) is 14.5. The first-order chi connectivity index (χ1) is 11.2. The maximum Gasteiger partial charge on any atom is 0.331 e. The van der Waals surface area contributed by atoms with Gasteiger partial charge in [0.25, 0.3) is 0 Å². The van der Waals surface area contributed by atoms with Gasteiger partial charge in [-0.3, -0.25) is 4.79 Å². The zero-order chi connectivity index (χ0) is 17.4. The minimum atomic E-state index is -0.714. The monoisotopic (exact) mass is 332 g/mol. The second kappa shape index (κ2) is 4.72. The lowest BCUT2D eigenvalue weighted by molar-refractivity contribution is -0.150. The van der Waals surface area contributed by atoms with Crippen molar-refractivity contribution in [3.63, 3.8) is 0 Å². The molecule has 0 spiro atoms. The highest BCUT2D eigenvalue weighted by atomic mass is 16.6. The summed E-state index contributed by atoms with van der Waals surface area (Å²) in [6, 6.07) is 0. The van der Waals surface area contributed by atoms with E-state index in [1.165, 1.54) is 0 Å². The van der Waals surface area contributed by atoms with Gasteiger partial charge in [0.15, 0.2) is 0 Å². The van der Waals surface area contributed by atoms with Crippen LogP contribution >= 0.6 is 0 Å². The van der Waals surface area contributed by atoms with Crippen LogP contribution in [0.1, 0.15) is 40.5 Å². The number of esters is 2. The van der Waals surface area contributed by atoms with E-state index in [-0.39, 0.29) is 36.0 Å². The Bertz CT molecular complexity index is 690. The topological polar surface area (TPSA) is 72.8 Å². The number of hydrogen-bond donors (Lipinski definition) is 1. The Kier molecular flexibility index (Phi) is 3.12. The van der Waals surface area contributed by atoms with E-state index in [4.69, 9.17) is 9.47 Å². The first-order valence-electron chi connectivity index (χ1n) is 8.71. The van der Waals surface area contributed by atoms with Gasteiger partial charge in [-0.25, -0.2) is 4.79 Å². The van der Waals surface area contributed by atoms with Gasteiger partial charge in [-0.2, -0.15) is 0 Å². The largest absolute Gasteiger partial charge is 0.457 e. The molecule has 0 unspecified atom stereocenters. The molecule has 1 saturated carbocycles. The number of aliphatic hydroxyl groups is 1. The van der Waals surface area contributed by atoms with E-state index in [1.54, 1.807) is 6.08 Å². The fourth-order valence-electron chi connectivity index (χ4n) is 5.61. The van der Waals surface area contributed by atoms with Gasteiger partial charge < -0.3 is 14.6 Å². The van der Waals surface area contributed by atoms with E-state index in [2.05, 4.69) is 6.92 Å². The van der Waals surface area contributed by atoms with E-state index in [9.17, 15) is 14.7 Å². The van der Waals surface area contributed by atoms with Gasteiger partial charge in [0, 0.05) is 17.4 Å². The Balaban J connectivity index is 1.93. The Labute approximate surface area is 141 Å². The molecule has 1 N–H and O–H groups in total. The molecule has 130 valence electrons. The van der Waals surface area contributed by atoms with Gasteiger partial charge in [-0.15, -0.1) is 0 Å². The predicted octanol–water partition coefficient (Wildman–Crippen LogP) is 2.14. The van der Waals surface area contributed by atoms with Crippen molar-refractivity contribution in [1.82, 2.24) is 0 Å². The highest BCUT2D eigenvalue weighted by Crippen LogP contribution is 2.64. The molecule has 6 atom stereocenters. The zero-order valence-electron chi connectivity index (χ0n) is 14.5. The third-order valence-electron chi connectivity index (χ3n) is 6.42. The predicted molar refractivity (Wildman–Crippen MR) is 85.7 cm³/mol. The molecule has 0 aromatic rings. The van der Waals surface area contributed by atoms with Crippen LogP contribution in [0.15, 0.2) is 23.3 Å². The molecule has 0 aromatic carbocycles. The molecule has 1 saturated heterocycles. The van der Waals surface area contributed by atoms with E-state index in [0.717, 1.165) is 11.1 Å². The van der Waals surface area contributed by atoms with Crippen molar-refractivity contribution in [2.75, 3.05) is 0 Å². The molecule has 0 radical (unpaired) electrons. The normalized spacial score (nSPS) is 46.6. The highest BCUT2D eigenvalue weighted by Gasteiger charge is 2.67. The van der Waals surface area contributed by atoms with Crippen molar-refractivity contribution < 1.29 is 24.2 Å². The molecule has 2 aliphatic carbocycles. The van der Waals surface area contributed by atoms with Crippen LogP contribution in [0.25, 0.3) is 0 Å². The first kappa shape index (κ1) is 15.9. The smallest absolute Gasteiger partial charge is 0.331 e. The van der Waals surface area contributed by atoms with E-state index in [0.29, 0.717) is 12.8 Å². The Morgan fingerprint density at radius 3 is 2.50 bits per heavy atom. The van der Waals surface area contributed by atoms with Crippen molar-refractivity contribution in [2.24, 2.45) is 22.7 Å². The molecule has 0 aromatic heterocycles. The summed E-state index contributed by atoms with van der Waals surface area (Å²) in [6.45, 7) is 7.97. The third kappa shape index (κ3) is 1.85. The van der Waals surface area contributed by atoms with Crippen LogP contribution in [-0.2, 0) is 19.1 Å². The van der Waals surface area contributed by atoms with Crippen molar-refractivity contribution in [1.29, 1.82) is 0 Å². The second-order valence-corrected chi connectivity index (χ2v) is 8.53. The summed E-state index contributed by atoms with van der Waals surface area (Å²) in [5.74, 6) is -0.518. The number of cyclic esters (lactones) is 1. The lowest BCUT2D eigenvalue weighted by atomic mass is 9.49. The third-order valence-corrected chi connectivity index (χ3v) is 6.42. The highest BCUT2D eigenvalue weighted by molar-refractivity contribution is 5.88. The first-order valence-corrected chi connectivity index (χ1v) is 8.71. The number of carbonyl (C=O) groups is 2. The van der Waals surface area contributed by atoms with Crippen LogP contribution in [0.4, 0.5) is 0 Å². The second-order valence-electron chi connectivity index (χ2n) is 8.53. The minimum Gasteiger partial charge on any atom is -0.457 e. The van der Waals surface area contributed by atoms with Gasteiger partial charge in [0.05, 0.1) is 11.5 Å². The standard InChI is InChI=1S/C19H24O5/c1-9(2)15-11-5-13-16-18(3,12(11)6-14(21)24-15)7-10(20)8-19(16,4)17(22)23-13/h5-6,9-10,13,15-16,20H,7-8H2,1-4H3/t10-,13-,15-,16-,18-,19+/m1/s1. The van der Waals surface area contributed by atoms with Crippen molar-refractivity contribution >= 4 is 11.9 Å². The maximum atomic E-state index is 12.6. The molecular formula is C19H24O5. The molecule has 0 amide bonds. The fraction of sp³-hybridized carbons (Fsp3) is 0.684. The average Bonchev–Trinajstić information content (AvgIpc) is 2.70. The van der Waals surface area contributed by atoms with Crippen LogP contribution < -0.4 is 0 Å². The van der Waals surface area contributed by atoms with E-state index >= 15 is 0 Å². The molecule has 2 heterocycles. The summed E-state index contributed by atoms with van der Waals surface area (Å²) < 4.78 is 11.2. The van der Waals surface area contributed by atoms with Crippen LogP contribution in [0.2, 0.25) is 0 Å². The summed E-state index contributed by atoms with van der Waals surface area (Å²) in [5.41, 5.74) is 0.677.